The SMILES string of the molecule is Cc1nc2c3c(c([N+](=O)[O-])cc2c(N)c1[N+](=O)[O-])CCCC3. The molecule has 0 atom stereocenters. The summed E-state index contributed by atoms with van der Waals surface area (Å²) in [6, 6.07) is 1.33. The summed E-state index contributed by atoms with van der Waals surface area (Å²) in [5.41, 5.74) is 7.85. The van der Waals surface area contributed by atoms with Crippen molar-refractivity contribution in [3.63, 3.8) is 0 Å². The Morgan fingerprint density at radius 2 is 1.77 bits per heavy atom. The molecule has 1 aromatic carbocycles. The van der Waals surface area contributed by atoms with Gasteiger partial charge in [0.25, 0.3) is 5.69 Å². The molecule has 0 aliphatic heterocycles. The topological polar surface area (TPSA) is 125 Å². The molecule has 1 aliphatic rings. The molecule has 114 valence electrons. The molecule has 22 heavy (non-hydrogen) atoms. The third-order valence-electron chi connectivity index (χ3n) is 4.15. The number of hydrogen-bond donors (Lipinski definition) is 1. The fraction of sp³-hybridized carbons (Fsp3) is 0.357. The standard InChI is InChI=1S/C14H14N4O4/c1-7-14(18(21)22)12(15)10-6-11(17(19)20)8-4-2-3-5-9(8)13(10)16-7/h6H,2-5H2,1H3,(H2,15,16). The highest BCUT2D eigenvalue weighted by atomic mass is 16.6. The summed E-state index contributed by atoms with van der Waals surface area (Å²) in [4.78, 5) is 25.8. The van der Waals surface area contributed by atoms with Crippen LogP contribution in [0.2, 0.25) is 0 Å². The van der Waals surface area contributed by atoms with Gasteiger partial charge >= 0.3 is 5.69 Å². The van der Waals surface area contributed by atoms with Gasteiger partial charge in [0, 0.05) is 17.0 Å². The summed E-state index contributed by atoms with van der Waals surface area (Å²) in [6.07, 6.45) is 3.11. The molecule has 1 heterocycles. The molecule has 8 heteroatoms. The Kier molecular flexibility index (Phi) is 3.16. The second-order valence-corrected chi connectivity index (χ2v) is 5.43. The number of anilines is 1. The van der Waals surface area contributed by atoms with E-state index in [2.05, 4.69) is 4.98 Å². The highest BCUT2D eigenvalue weighted by molar-refractivity contribution is 5.99. The van der Waals surface area contributed by atoms with Crippen LogP contribution in [0.1, 0.15) is 29.7 Å². The highest BCUT2D eigenvalue weighted by Gasteiger charge is 2.28. The molecule has 0 spiro atoms. The maximum atomic E-state index is 11.3. The van der Waals surface area contributed by atoms with Gasteiger partial charge in [-0.25, -0.2) is 4.98 Å². The lowest BCUT2D eigenvalue weighted by Crippen LogP contribution is -2.10. The largest absolute Gasteiger partial charge is 0.393 e. The van der Waals surface area contributed by atoms with Gasteiger partial charge in [-0.15, -0.1) is 0 Å². The number of nitrogens with two attached hydrogens (primary N) is 1. The average Bonchev–Trinajstić information content (AvgIpc) is 2.46. The maximum Gasteiger partial charge on any atom is 0.313 e. The van der Waals surface area contributed by atoms with Crippen LogP contribution in [0.5, 0.6) is 0 Å². The smallest absolute Gasteiger partial charge is 0.313 e. The van der Waals surface area contributed by atoms with E-state index in [1.165, 1.54) is 13.0 Å². The molecule has 8 nitrogen and oxygen atoms in total. The molecule has 0 bridgehead atoms. The maximum absolute atomic E-state index is 11.3. The van der Waals surface area contributed by atoms with Gasteiger partial charge in [0.15, 0.2) is 0 Å². The number of nitro groups is 2. The predicted octanol–water partition coefficient (Wildman–Crippen LogP) is 2.82. The van der Waals surface area contributed by atoms with Crippen molar-refractivity contribution in [2.24, 2.45) is 0 Å². The number of benzene rings is 1. The molecule has 1 aromatic heterocycles. The second-order valence-electron chi connectivity index (χ2n) is 5.43. The monoisotopic (exact) mass is 302 g/mol. The Labute approximate surface area is 125 Å². The van der Waals surface area contributed by atoms with Crippen molar-refractivity contribution in [1.29, 1.82) is 0 Å². The van der Waals surface area contributed by atoms with E-state index in [-0.39, 0.29) is 22.8 Å². The molecular formula is C14H14N4O4. The van der Waals surface area contributed by atoms with Crippen LogP contribution in [-0.2, 0) is 12.8 Å². The van der Waals surface area contributed by atoms with Crippen molar-refractivity contribution in [2.45, 2.75) is 32.6 Å². The van der Waals surface area contributed by atoms with E-state index < -0.39 is 9.85 Å². The van der Waals surface area contributed by atoms with E-state index in [4.69, 9.17) is 5.73 Å². The van der Waals surface area contributed by atoms with Crippen LogP contribution in [-0.4, -0.2) is 14.8 Å². The number of fused-ring (bicyclic) bond motifs is 3. The zero-order valence-corrected chi connectivity index (χ0v) is 12.0. The number of nitrogen functional groups attached to an aromatic ring is 1. The molecule has 0 saturated heterocycles. The number of aromatic nitrogens is 1. The molecule has 3 rings (SSSR count). The van der Waals surface area contributed by atoms with E-state index in [0.717, 1.165) is 18.4 Å². The van der Waals surface area contributed by atoms with E-state index >= 15 is 0 Å². The first-order valence-corrected chi connectivity index (χ1v) is 6.95. The van der Waals surface area contributed by atoms with E-state index in [0.29, 0.717) is 29.3 Å². The predicted molar refractivity (Wildman–Crippen MR) is 80.8 cm³/mol. The van der Waals surface area contributed by atoms with Gasteiger partial charge in [0.1, 0.15) is 11.4 Å². The summed E-state index contributed by atoms with van der Waals surface area (Å²) in [5, 5.41) is 22.8. The van der Waals surface area contributed by atoms with Gasteiger partial charge in [0.2, 0.25) is 0 Å². The van der Waals surface area contributed by atoms with Gasteiger partial charge in [-0.05, 0) is 38.2 Å². The fourth-order valence-electron chi connectivity index (χ4n) is 3.17. The molecule has 0 amide bonds. The van der Waals surface area contributed by atoms with Crippen LogP contribution in [0.4, 0.5) is 17.1 Å². The van der Waals surface area contributed by atoms with Crippen molar-refractivity contribution in [3.05, 3.63) is 43.1 Å². The summed E-state index contributed by atoms with van der Waals surface area (Å²) in [6.45, 7) is 1.53. The average molecular weight is 302 g/mol. The minimum Gasteiger partial charge on any atom is -0.393 e. The van der Waals surface area contributed by atoms with Gasteiger partial charge in [-0.3, -0.25) is 20.2 Å². The third-order valence-corrected chi connectivity index (χ3v) is 4.15. The zero-order valence-electron chi connectivity index (χ0n) is 12.0. The molecule has 1 aliphatic carbocycles. The van der Waals surface area contributed by atoms with Crippen molar-refractivity contribution in [2.75, 3.05) is 5.73 Å². The van der Waals surface area contributed by atoms with Crippen LogP contribution < -0.4 is 5.73 Å². The second kappa shape index (κ2) is 4.90. The number of aryl methyl sites for hydroxylation is 2. The van der Waals surface area contributed by atoms with Crippen LogP contribution in [0.25, 0.3) is 10.9 Å². The van der Waals surface area contributed by atoms with Crippen LogP contribution in [0.3, 0.4) is 0 Å². The number of hydrogen-bond acceptors (Lipinski definition) is 6. The van der Waals surface area contributed by atoms with Gasteiger partial charge in [-0.1, -0.05) is 0 Å². The molecule has 0 radical (unpaired) electrons. The minimum absolute atomic E-state index is 0.0196. The number of pyridine rings is 1. The Hall–Kier alpha value is -2.77. The molecule has 2 aromatic rings. The molecular weight excluding hydrogens is 288 g/mol. The quantitative estimate of drug-likeness (QED) is 0.671. The van der Waals surface area contributed by atoms with Gasteiger partial charge in [0.05, 0.1) is 15.4 Å². The zero-order chi connectivity index (χ0) is 16.0. The summed E-state index contributed by atoms with van der Waals surface area (Å²) < 4.78 is 0. The van der Waals surface area contributed by atoms with Crippen molar-refractivity contribution < 1.29 is 9.85 Å². The first-order chi connectivity index (χ1) is 10.4. The highest BCUT2D eigenvalue weighted by Crippen LogP contribution is 2.40. The normalized spacial score (nSPS) is 13.9. The fourth-order valence-corrected chi connectivity index (χ4v) is 3.17. The van der Waals surface area contributed by atoms with E-state index in [1.54, 1.807) is 0 Å². The Morgan fingerprint density at radius 3 is 2.36 bits per heavy atom. The minimum atomic E-state index is -0.595. The van der Waals surface area contributed by atoms with Crippen molar-refractivity contribution >= 4 is 28.0 Å². The van der Waals surface area contributed by atoms with Crippen molar-refractivity contribution in [1.82, 2.24) is 4.98 Å². The Bertz CT molecular complexity index is 832. The van der Waals surface area contributed by atoms with Gasteiger partial charge < -0.3 is 5.73 Å². The summed E-state index contributed by atoms with van der Waals surface area (Å²) in [5.74, 6) is 0. The Balaban J connectivity index is 2.47. The van der Waals surface area contributed by atoms with E-state index in [9.17, 15) is 20.2 Å². The molecule has 0 saturated carbocycles. The molecule has 0 unspecified atom stereocenters. The molecule has 2 N–H and O–H groups in total. The van der Waals surface area contributed by atoms with Gasteiger partial charge in [-0.2, -0.15) is 0 Å². The lowest BCUT2D eigenvalue weighted by atomic mass is 9.88. The summed E-state index contributed by atoms with van der Waals surface area (Å²) >= 11 is 0. The van der Waals surface area contributed by atoms with Crippen LogP contribution in [0, 0.1) is 27.2 Å². The first-order valence-electron chi connectivity index (χ1n) is 6.95. The lowest BCUT2D eigenvalue weighted by Gasteiger charge is -2.18. The van der Waals surface area contributed by atoms with E-state index in [1.807, 2.05) is 0 Å². The Morgan fingerprint density at radius 1 is 1.14 bits per heavy atom. The first kappa shape index (κ1) is 14.2. The number of rotatable bonds is 2. The van der Waals surface area contributed by atoms with Crippen LogP contribution in [0.15, 0.2) is 6.07 Å². The molecule has 0 fully saturated rings. The lowest BCUT2D eigenvalue weighted by molar-refractivity contribution is -0.385. The number of nitro benzene ring substituents is 1. The number of nitrogens with zero attached hydrogens (tertiary/aromatic N) is 3. The summed E-state index contributed by atoms with van der Waals surface area (Å²) in [7, 11) is 0. The van der Waals surface area contributed by atoms with Crippen molar-refractivity contribution in [3.8, 4) is 0 Å². The third kappa shape index (κ3) is 1.95. The van der Waals surface area contributed by atoms with Crippen LogP contribution >= 0.6 is 0 Å².